The van der Waals surface area contributed by atoms with Gasteiger partial charge in [0.05, 0.1) is 22.6 Å². The zero-order chi connectivity index (χ0) is 30.7. The number of anilines is 4. The first-order chi connectivity index (χ1) is 20.6. The topological polar surface area (TPSA) is 121 Å². The Morgan fingerprint density at radius 2 is 1.98 bits per heavy atom. The minimum atomic E-state index is -0.365. The Balaban J connectivity index is 1.55. The van der Waals surface area contributed by atoms with Crippen molar-refractivity contribution in [2.75, 3.05) is 49.8 Å². The van der Waals surface area contributed by atoms with Crippen molar-refractivity contribution in [3.63, 3.8) is 0 Å². The van der Waals surface area contributed by atoms with Gasteiger partial charge in [-0.25, -0.2) is 9.97 Å². The molecule has 1 aliphatic heterocycles. The molecule has 0 saturated heterocycles. The first-order valence-electron chi connectivity index (χ1n) is 14.6. The van der Waals surface area contributed by atoms with Crippen molar-refractivity contribution in [3.05, 3.63) is 72.1 Å². The van der Waals surface area contributed by atoms with E-state index in [1.807, 2.05) is 40.2 Å². The molecule has 224 valence electrons. The minimum absolute atomic E-state index is 0.210. The molecule has 43 heavy (non-hydrogen) atoms. The van der Waals surface area contributed by atoms with Gasteiger partial charge < -0.3 is 30.7 Å². The number of rotatable bonds is 12. The molecule has 0 atom stereocenters. The molecule has 0 spiro atoms. The fraction of sp³-hybridized carbons (Fsp3) is 0.333. The second-order valence-corrected chi connectivity index (χ2v) is 11.4. The van der Waals surface area contributed by atoms with E-state index < -0.39 is 0 Å². The molecule has 0 bridgehead atoms. The Kier molecular flexibility index (Phi) is 8.77. The maximum Gasteiger partial charge on any atom is 0.247 e. The number of likely N-dealkylation sites (N-methyl/N-ethyl adjacent to an activating group) is 2. The van der Waals surface area contributed by atoms with Crippen LogP contribution in [-0.2, 0) is 29.0 Å². The van der Waals surface area contributed by atoms with Gasteiger partial charge in [0.2, 0.25) is 17.8 Å². The molecule has 0 fully saturated rings. The number of nitrogens with zero attached hydrogens (tertiary/aromatic N) is 5. The summed E-state index contributed by atoms with van der Waals surface area (Å²) in [6.45, 7) is 8.22. The summed E-state index contributed by atoms with van der Waals surface area (Å²) in [5, 5.41) is 7.48. The lowest BCUT2D eigenvalue weighted by atomic mass is 9.99. The van der Waals surface area contributed by atoms with Gasteiger partial charge in [-0.1, -0.05) is 24.8 Å². The summed E-state index contributed by atoms with van der Waals surface area (Å²) in [6.07, 6.45) is 8.00. The molecule has 0 aliphatic carbocycles. The third-order valence-corrected chi connectivity index (χ3v) is 7.91. The van der Waals surface area contributed by atoms with Crippen LogP contribution in [0.1, 0.15) is 29.5 Å². The largest absolute Gasteiger partial charge is 0.372 e. The summed E-state index contributed by atoms with van der Waals surface area (Å²) in [6, 6.07) is 10.4. The molecule has 4 N–H and O–H groups in total. The standard InChI is InChI=1S/C33H40N8O2/c1-6-30(43)36-27-18-26(21(2)17-28(27)40(5)16-15-39(3)4)37-33-35-19-23(12-13-29(34)42)31(38-33)25-20-41-14-8-10-22-9-7-11-24(25)32(22)41/h6-7,9,11,17-20H,1,8,10,12-16H2,2-5H3,(H2,34,42)(H,36,43)(H,35,37,38). The van der Waals surface area contributed by atoms with Gasteiger partial charge in [-0.2, -0.15) is 0 Å². The lowest BCUT2D eigenvalue weighted by molar-refractivity contribution is -0.118. The van der Waals surface area contributed by atoms with Crippen LogP contribution in [0.3, 0.4) is 0 Å². The zero-order valence-corrected chi connectivity index (χ0v) is 25.4. The highest BCUT2D eigenvalue weighted by Gasteiger charge is 2.21. The first-order valence-corrected chi connectivity index (χ1v) is 14.6. The zero-order valence-electron chi connectivity index (χ0n) is 25.4. The Morgan fingerprint density at radius 3 is 2.72 bits per heavy atom. The van der Waals surface area contributed by atoms with E-state index >= 15 is 0 Å². The van der Waals surface area contributed by atoms with Gasteiger partial charge in [0.1, 0.15) is 0 Å². The van der Waals surface area contributed by atoms with Crippen LogP contribution in [0.5, 0.6) is 0 Å². The fourth-order valence-electron chi connectivity index (χ4n) is 5.60. The number of nitrogens with two attached hydrogens (primary N) is 1. The number of aromatic nitrogens is 3. The highest BCUT2D eigenvalue weighted by Crippen LogP contribution is 2.37. The van der Waals surface area contributed by atoms with Crippen molar-refractivity contribution in [2.45, 2.75) is 39.2 Å². The van der Waals surface area contributed by atoms with Crippen molar-refractivity contribution >= 4 is 45.7 Å². The molecule has 2 amide bonds. The summed E-state index contributed by atoms with van der Waals surface area (Å²) < 4.78 is 2.31. The predicted octanol–water partition coefficient (Wildman–Crippen LogP) is 4.64. The van der Waals surface area contributed by atoms with Gasteiger partial charge in [-0.15, -0.1) is 0 Å². The second kappa shape index (κ2) is 12.7. The monoisotopic (exact) mass is 580 g/mol. The average molecular weight is 581 g/mol. The molecule has 0 radical (unpaired) electrons. The van der Waals surface area contributed by atoms with Crippen LogP contribution in [0.25, 0.3) is 22.2 Å². The number of para-hydroxylation sites is 1. The van der Waals surface area contributed by atoms with Crippen molar-refractivity contribution in [2.24, 2.45) is 5.73 Å². The van der Waals surface area contributed by atoms with Crippen molar-refractivity contribution in [1.82, 2.24) is 19.4 Å². The van der Waals surface area contributed by atoms with E-state index in [1.54, 1.807) is 6.20 Å². The van der Waals surface area contributed by atoms with Gasteiger partial charge >= 0.3 is 0 Å². The summed E-state index contributed by atoms with van der Waals surface area (Å²) >= 11 is 0. The highest BCUT2D eigenvalue weighted by atomic mass is 16.1. The minimum Gasteiger partial charge on any atom is -0.372 e. The van der Waals surface area contributed by atoms with Crippen molar-refractivity contribution in [3.8, 4) is 11.3 Å². The Bertz CT molecular complexity index is 1690. The number of amides is 2. The number of hydrogen-bond donors (Lipinski definition) is 3. The van der Waals surface area contributed by atoms with Crippen LogP contribution in [0.4, 0.5) is 23.0 Å². The first kappa shape index (κ1) is 29.8. The fourth-order valence-corrected chi connectivity index (χ4v) is 5.60. The summed E-state index contributed by atoms with van der Waals surface area (Å²) in [4.78, 5) is 37.9. The number of carbonyl (C=O) groups excluding carboxylic acids is 2. The average Bonchev–Trinajstić information content (AvgIpc) is 3.36. The summed E-state index contributed by atoms with van der Waals surface area (Å²) in [5.74, 6) is -0.235. The number of carbonyl (C=O) groups is 2. The third-order valence-electron chi connectivity index (χ3n) is 7.91. The Morgan fingerprint density at radius 1 is 1.16 bits per heavy atom. The molecule has 5 rings (SSSR count). The lowest BCUT2D eigenvalue weighted by Crippen LogP contribution is -2.29. The molecule has 1 aliphatic rings. The van der Waals surface area contributed by atoms with Gasteiger partial charge in [-0.05, 0) is 75.2 Å². The summed E-state index contributed by atoms with van der Waals surface area (Å²) in [5.41, 5.74) is 14.0. The third kappa shape index (κ3) is 6.54. The van der Waals surface area contributed by atoms with Crippen LogP contribution in [0.15, 0.2) is 55.4 Å². The van der Waals surface area contributed by atoms with Gasteiger partial charge in [0.25, 0.3) is 0 Å². The molecule has 0 saturated carbocycles. The van der Waals surface area contributed by atoms with E-state index in [2.05, 4.69) is 61.0 Å². The Hall–Kier alpha value is -4.70. The second-order valence-electron chi connectivity index (χ2n) is 11.4. The van der Waals surface area contributed by atoms with Crippen LogP contribution in [-0.4, -0.2) is 65.5 Å². The number of hydrogen-bond acceptors (Lipinski definition) is 7. The quantitative estimate of drug-likeness (QED) is 0.209. The van der Waals surface area contributed by atoms with E-state index in [0.29, 0.717) is 18.1 Å². The van der Waals surface area contributed by atoms with E-state index in [4.69, 9.17) is 10.7 Å². The molecule has 10 nitrogen and oxygen atoms in total. The maximum atomic E-state index is 12.4. The van der Waals surface area contributed by atoms with Crippen LogP contribution in [0, 0.1) is 6.92 Å². The van der Waals surface area contributed by atoms with E-state index in [0.717, 1.165) is 71.6 Å². The molecule has 4 aromatic rings. The maximum absolute atomic E-state index is 12.4. The van der Waals surface area contributed by atoms with Crippen LogP contribution >= 0.6 is 0 Å². The molecule has 2 aromatic heterocycles. The molecular formula is C33H40N8O2. The van der Waals surface area contributed by atoms with Gasteiger partial charge in [-0.3, -0.25) is 9.59 Å². The molecule has 2 aromatic carbocycles. The molecule has 10 heteroatoms. The van der Waals surface area contributed by atoms with Crippen molar-refractivity contribution in [1.29, 1.82) is 0 Å². The smallest absolute Gasteiger partial charge is 0.247 e. The SMILES string of the molecule is C=CC(=O)Nc1cc(Nc2ncc(CCC(N)=O)c(-c3cn4c5c(cccc35)CCC4)n2)c(C)cc1N(C)CCN(C)C. The van der Waals surface area contributed by atoms with E-state index in [-0.39, 0.29) is 18.2 Å². The number of benzene rings is 2. The van der Waals surface area contributed by atoms with Crippen LogP contribution < -0.4 is 21.3 Å². The number of aryl methyl sites for hydroxylation is 4. The van der Waals surface area contributed by atoms with E-state index in [1.165, 1.54) is 17.2 Å². The highest BCUT2D eigenvalue weighted by molar-refractivity contribution is 6.02. The summed E-state index contributed by atoms with van der Waals surface area (Å²) in [7, 11) is 6.07. The molecular weight excluding hydrogens is 540 g/mol. The Labute approximate surface area is 252 Å². The molecule has 0 unspecified atom stereocenters. The predicted molar refractivity (Wildman–Crippen MR) is 174 cm³/mol. The van der Waals surface area contributed by atoms with Gasteiger partial charge in [0.15, 0.2) is 0 Å². The normalized spacial score (nSPS) is 12.4. The molecule has 3 heterocycles. The number of nitrogens with one attached hydrogen (secondary N) is 2. The number of primary amides is 1. The van der Waals surface area contributed by atoms with Crippen molar-refractivity contribution < 1.29 is 9.59 Å². The van der Waals surface area contributed by atoms with Crippen LogP contribution in [0.2, 0.25) is 0 Å². The lowest BCUT2D eigenvalue weighted by Gasteiger charge is -2.25. The van der Waals surface area contributed by atoms with E-state index in [9.17, 15) is 9.59 Å². The van der Waals surface area contributed by atoms with Gasteiger partial charge in [0, 0.05) is 62.1 Å².